The molecule has 6 heteroatoms. The zero-order valence-electron chi connectivity index (χ0n) is 17.0. The summed E-state index contributed by atoms with van der Waals surface area (Å²) in [7, 11) is 1.37. The van der Waals surface area contributed by atoms with E-state index in [0.29, 0.717) is 23.1 Å². The van der Waals surface area contributed by atoms with Crippen LogP contribution < -0.4 is 4.74 Å². The summed E-state index contributed by atoms with van der Waals surface area (Å²) in [5, 5.41) is 10.7. The molecule has 0 unspecified atom stereocenters. The number of esters is 1. The Labute approximate surface area is 176 Å². The van der Waals surface area contributed by atoms with Gasteiger partial charge in [-0.3, -0.25) is 4.90 Å². The third-order valence-electron chi connectivity index (χ3n) is 6.15. The van der Waals surface area contributed by atoms with Crippen molar-refractivity contribution < 1.29 is 19.4 Å². The van der Waals surface area contributed by atoms with Crippen LogP contribution in [0.4, 0.5) is 0 Å². The van der Waals surface area contributed by atoms with Crippen LogP contribution >= 0.6 is 11.3 Å². The van der Waals surface area contributed by atoms with E-state index in [0.717, 1.165) is 38.9 Å². The predicted octanol–water partition coefficient (Wildman–Crippen LogP) is 3.75. The minimum absolute atomic E-state index is 0.238. The van der Waals surface area contributed by atoms with Gasteiger partial charge in [-0.25, -0.2) is 4.79 Å². The van der Waals surface area contributed by atoms with E-state index in [4.69, 9.17) is 9.47 Å². The Morgan fingerprint density at radius 2 is 1.93 bits per heavy atom. The Morgan fingerprint density at radius 1 is 1.17 bits per heavy atom. The van der Waals surface area contributed by atoms with Crippen LogP contribution in [0.5, 0.6) is 5.75 Å². The fraction of sp³-hybridized carbons (Fsp3) is 0.522. The lowest BCUT2D eigenvalue weighted by molar-refractivity contribution is -0.0231. The molecule has 1 aliphatic heterocycles. The predicted molar refractivity (Wildman–Crippen MR) is 113 cm³/mol. The normalized spacial score (nSPS) is 26.9. The minimum Gasteiger partial charge on any atom is -0.488 e. The maximum atomic E-state index is 11.7. The van der Waals surface area contributed by atoms with Gasteiger partial charge < -0.3 is 14.6 Å². The van der Waals surface area contributed by atoms with E-state index < -0.39 is 6.10 Å². The topological polar surface area (TPSA) is 59.0 Å². The number of methoxy groups -OCH3 is 1. The van der Waals surface area contributed by atoms with Crippen molar-refractivity contribution in [3.63, 3.8) is 0 Å². The van der Waals surface area contributed by atoms with E-state index >= 15 is 0 Å². The molecule has 4 atom stereocenters. The summed E-state index contributed by atoms with van der Waals surface area (Å²) in [6.07, 6.45) is 1.99. The average molecular weight is 416 g/mol. The van der Waals surface area contributed by atoms with Gasteiger partial charge in [-0.1, -0.05) is 13.0 Å². The number of fused-ring (bicyclic) bond motifs is 1. The van der Waals surface area contributed by atoms with E-state index in [1.54, 1.807) is 18.2 Å². The summed E-state index contributed by atoms with van der Waals surface area (Å²) >= 11 is 1.91. The van der Waals surface area contributed by atoms with Gasteiger partial charge in [0.05, 0.1) is 18.8 Å². The molecule has 2 heterocycles. The number of hydrogen-bond donors (Lipinski definition) is 1. The lowest BCUT2D eigenvalue weighted by atomic mass is 9.78. The average Bonchev–Trinajstić information content (AvgIpc) is 3.34. The van der Waals surface area contributed by atoms with Crippen molar-refractivity contribution in [2.45, 2.75) is 44.9 Å². The van der Waals surface area contributed by atoms with Crippen LogP contribution in [0.1, 0.15) is 39.9 Å². The summed E-state index contributed by atoms with van der Waals surface area (Å²) in [5.41, 5.74) is 0.461. The zero-order chi connectivity index (χ0) is 20.4. The molecule has 29 heavy (non-hydrogen) atoms. The van der Waals surface area contributed by atoms with Crippen LogP contribution in [-0.4, -0.2) is 48.4 Å². The Morgan fingerprint density at radius 3 is 2.66 bits per heavy atom. The van der Waals surface area contributed by atoms with Gasteiger partial charge in [0, 0.05) is 29.4 Å². The molecular formula is C23H29NO4S. The summed E-state index contributed by atoms with van der Waals surface area (Å²) in [6, 6.07) is 11.5. The first kappa shape index (κ1) is 20.4. The number of carbonyl (C=O) groups excluding carboxylic acids is 1. The molecular weight excluding hydrogens is 386 g/mol. The van der Waals surface area contributed by atoms with Gasteiger partial charge in [-0.05, 0) is 61.4 Å². The molecule has 0 spiro atoms. The molecule has 156 valence electrons. The lowest BCUT2D eigenvalue weighted by Crippen LogP contribution is -2.42. The second kappa shape index (κ2) is 8.86. The summed E-state index contributed by atoms with van der Waals surface area (Å²) in [5.74, 6) is 1.29. The van der Waals surface area contributed by atoms with Gasteiger partial charge >= 0.3 is 5.97 Å². The van der Waals surface area contributed by atoms with Crippen molar-refractivity contribution in [3.8, 4) is 5.75 Å². The zero-order valence-corrected chi connectivity index (χ0v) is 17.9. The van der Waals surface area contributed by atoms with Crippen molar-refractivity contribution >= 4 is 17.3 Å². The number of benzene rings is 1. The van der Waals surface area contributed by atoms with Crippen LogP contribution in [0.2, 0.25) is 0 Å². The molecule has 0 amide bonds. The van der Waals surface area contributed by atoms with E-state index in [2.05, 4.69) is 24.0 Å². The van der Waals surface area contributed by atoms with Gasteiger partial charge in [-0.15, -0.1) is 11.3 Å². The fourth-order valence-corrected chi connectivity index (χ4v) is 5.65. The van der Waals surface area contributed by atoms with Gasteiger partial charge in [-0.2, -0.15) is 0 Å². The standard InChI is InChI=1S/C23H29NO4S/c1-3-19-7-8-20(29-19)14-24-12-16-10-21(25)22(11-17(16)13-24)28-18-6-4-5-15(9-18)23(26)27-2/h4-9,16-17,21-22,25H,3,10-14H2,1-2H3/t16-,17+,21+,22+/m0/s1. The Hall–Kier alpha value is -1.89. The largest absolute Gasteiger partial charge is 0.488 e. The van der Waals surface area contributed by atoms with Crippen LogP contribution in [-0.2, 0) is 17.7 Å². The maximum absolute atomic E-state index is 11.7. The molecule has 4 rings (SSSR count). The Bertz CT molecular complexity index is 851. The molecule has 1 saturated heterocycles. The SMILES string of the molecule is CCc1ccc(CN2C[C@H]3C[C@@H](Oc4cccc(C(=O)OC)c4)[C@H](O)C[C@H]3C2)s1. The number of aliphatic hydroxyl groups is 1. The second-order valence-corrected chi connectivity index (χ2v) is 9.40. The van der Waals surface area contributed by atoms with Crippen molar-refractivity contribution in [1.29, 1.82) is 0 Å². The van der Waals surface area contributed by atoms with Crippen molar-refractivity contribution in [3.05, 3.63) is 51.7 Å². The molecule has 5 nitrogen and oxygen atoms in total. The number of hydrogen-bond acceptors (Lipinski definition) is 6. The Balaban J connectivity index is 1.37. The smallest absolute Gasteiger partial charge is 0.337 e. The number of thiophene rings is 1. The molecule has 1 saturated carbocycles. The van der Waals surface area contributed by atoms with Gasteiger partial charge in [0.2, 0.25) is 0 Å². The molecule has 2 fully saturated rings. The van der Waals surface area contributed by atoms with Crippen molar-refractivity contribution in [2.75, 3.05) is 20.2 Å². The van der Waals surface area contributed by atoms with Gasteiger partial charge in [0.1, 0.15) is 11.9 Å². The van der Waals surface area contributed by atoms with E-state index in [1.807, 2.05) is 17.4 Å². The maximum Gasteiger partial charge on any atom is 0.337 e. The highest BCUT2D eigenvalue weighted by molar-refractivity contribution is 7.11. The first-order valence-corrected chi connectivity index (χ1v) is 11.2. The number of ether oxygens (including phenoxy) is 2. The quantitative estimate of drug-likeness (QED) is 0.728. The van der Waals surface area contributed by atoms with Crippen LogP contribution in [0.15, 0.2) is 36.4 Å². The molecule has 0 radical (unpaired) electrons. The minimum atomic E-state index is -0.480. The Kier molecular flexibility index (Phi) is 6.23. The van der Waals surface area contributed by atoms with Crippen molar-refractivity contribution in [2.24, 2.45) is 11.8 Å². The number of carbonyl (C=O) groups is 1. The molecule has 2 aromatic rings. The first-order chi connectivity index (χ1) is 14.1. The van der Waals surface area contributed by atoms with Crippen molar-refractivity contribution in [1.82, 2.24) is 4.90 Å². The molecule has 0 bridgehead atoms. The van der Waals surface area contributed by atoms with E-state index in [-0.39, 0.29) is 12.1 Å². The van der Waals surface area contributed by atoms with E-state index in [9.17, 15) is 9.90 Å². The number of rotatable bonds is 6. The monoisotopic (exact) mass is 415 g/mol. The molecule has 1 aliphatic carbocycles. The highest BCUT2D eigenvalue weighted by Gasteiger charge is 2.42. The third-order valence-corrected chi connectivity index (χ3v) is 7.36. The second-order valence-electron chi connectivity index (χ2n) is 8.15. The van der Waals surface area contributed by atoms with E-state index in [1.165, 1.54) is 16.9 Å². The fourth-order valence-electron chi connectivity index (χ4n) is 4.65. The summed E-state index contributed by atoms with van der Waals surface area (Å²) in [4.78, 5) is 17.1. The summed E-state index contributed by atoms with van der Waals surface area (Å²) in [6.45, 7) is 5.30. The number of aliphatic hydroxyl groups excluding tert-OH is 1. The van der Waals surface area contributed by atoms with Crippen LogP contribution in [0.3, 0.4) is 0 Å². The number of nitrogens with zero attached hydrogens (tertiary/aromatic N) is 1. The van der Waals surface area contributed by atoms with Gasteiger partial charge in [0.25, 0.3) is 0 Å². The summed E-state index contributed by atoms with van der Waals surface area (Å²) < 4.78 is 10.9. The molecule has 1 aromatic carbocycles. The molecule has 2 aliphatic rings. The first-order valence-electron chi connectivity index (χ1n) is 10.4. The number of likely N-dealkylation sites (tertiary alicyclic amines) is 1. The molecule has 1 N–H and O–H groups in total. The highest BCUT2D eigenvalue weighted by Crippen LogP contribution is 2.39. The van der Waals surface area contributed by atoms with Gasteiger partial charge in [0.15, 0.2) is 0 Å². The highest BCUT2D eigenvalue weighted by atomic mass is 32.1. The number of aryl methyl sites for hydroxylation is 1. The van der Waals surface area contributed by atoms with Crippen LogP contribution in [0, 0.1) is 11.8 Å². The third kappa shape index (κ3) is 4.65. The van der Waals surface area contributed by atoms with Crippen LogP contribution in [0.25, 0.3) is 0 Å². The lowest BCUT2D eigenvalue weighted by Gasteiger charge is -2.35. The molecule has 1 aromatic heterocycles.